The molecule has 0 saturated carbocycles. The Labute approximate surface area is 144 Å². The van der Waals surface area contributed by atoms with Crippen LogP contribution in [0.2, 0.25) is 0 Å². The number of allylic oxidation sites excluding steroid dienone is 1. The Morgan fingerprint density at radius 3 is 2.75 bits per heavy atom. The smallest absolute Gasteiger partial charge is 0.137 e. The molecule has 3 nitrogen and oxygen atoms in total. The summed E-state index contributed by atoms with van der Waals surface area (Å²) in [5.41, 5.74) is 3.00. The summed E-state index contributed by atoms with van der Waals surface area (Å²) in [5, 5.41) is 2.06. The summed E-state index contributed by atoms with van der Waals surface area (Å²) < 4.78 is 5.61. The van der Waals surface area contributed by atoms with Gasteiger partial charge in [-0.2, -0.15) is 0 Å². The molecule has 0 unspecified atom stereocenters. The molecule has 0 spiro atoms. The van der Waals surface area contributed by atoms with E-state index in [1.807, 2.05) is 38.3 Å². The first kappa shape index (κ1) is 18.2. The molecule has 0 aliphatic rings. The second kappa shape index (κ2) is 8.62. The van der Waals surface area contributed by atoms with Crippen LogP contribution in [0.4, 0.5) is 0 Å². The highest BCUT2D eigenvalue weighted by atomic mass is 16.5. The molecule has 0 aliphatic heterocycles. The molecule has 2 aromatic rings. The normalized spacial score (nSPS) is 11.3. The third-order valence-electron chi connectivity index (χ3n) is 4.34. The quantitative estimate of drug-likeness (QED) is 0.620. The van der Waals surface area contributed by atoms with E-state index in [-0.39, 0.29) is 0 Å². The highest BCUT2D eigenvalue weighted by molar-refractivity contribution is 5.92. The minimum atomic E-state index is 0.302. The van der Waals surface area contributed by atoms with Crippen molar-refractivity contribution in [1.82, 2.24) is 4.98 Å². The molecule has 2 rings (SSSR count). The average molecular weight is 325 g/mol. The number of aromatic nitrogens is 1. The third kappa shape index (κ3) is 4.22. The van der Waals surface area contributed by atoms with Gasteiger partial charge in [-0.1, -0.05) is 31.9 Å². The van der Waals surface area contributed by atoms with Crippen molar-refractivity contribution in [3.8, 4) is 5.75 Å². The summed E-state index contributed by atoms with van der Waals surface area (Å²) >= 11 is 0. The molecule has 0 N–H and O–H groups in total. The van der Waals surface area contributed by atoms with Gasteiger partial charge in [0.25, 0.3) is 0 Å². The summed E-state index contributed by atoms with van der Waals surface area (Å²) in [5.74, 6) is 1.12. The first-order valence-electron chi connectivity index (χ1n) is 8.71. The topological polar surface area (TPSA) is 39.2 Å². The maximum atomic E-state index is 12.3. The van der Waals surface area contributed by atoms with Crippen molar-refractivity contribution < 1.29 is 9.53 Å². The lowest BCUT2D eigenvalue weighted by Gasteiger charge is -2.14. The zero-order valence-electron chi connectivity index (χ0n) is 15.2. The van der Waals surface area contributed by atoms with Gasteiger partial charge in [-0.05, 0) is 48.9 Å². The number of hydrogen-bond acceptors (Lipinski definition) is 3. The van der Waals surface area contributed by atoms with Crippen LogP contribution < -0.4 is 4.74 Å². The molecular weight excluding hydrogens is 298 g/mol. The number of benzene rings is 1. The second-order valence-corrected chi connectivity index (χ2v) is 6.20. The fraction of sp³-hybridized carbons (Fsp3) is 0.429. The predicted octanol–water partition coefficient (Wildman–Crippen LogP) is 5.28. The minimum absolute atomic E-state index is 0.302. The van der Waals surface area contributed by atoms with Crippen LogP contribution in [0.1, 0.15) is 56.4 Å². The third-order valence-corrected chi connectivity index (χ3v) is 4.34. The standard InChI is InChI=1S/C21H27NO2/c1-5-7-8-10-19(23)13-16-11-17-12-18(9-6-2)22-14-20(17)21(24-4)15(16)3/h6,9,11-12,14H,5,7-8,10,13H2,1-4H3/b9-6+. The number of methoxy groups -OCH3 is 1. The lowest BCUT2D eigenvalue weighted by atomic mass is 9.96. The molecule has 128 valence electrons. The highest BCUT2D eigenvalue weighted by Crippen LogP contribution is 2.32. The first-order valence-corrected chi connectivity index (χ1v) is 8.71. The molecule has 1 heterocycles. The molecule has 0 amide bonds. The average Bonchev–Trinajstić information content (AvgIpc) is 2.56. The van der Waals surface area contributed by atoms with Crippen LogP contribution in [0.15, 0.2) is 24.4 Å². The summed E-state index contributed by atoms with van der Waals surface area (Å²) in [6, 6.07) is 4.15. The highest BCUT2D eigenvalue weighted by Gasteiger charge is 2.14. The number of rotatable bonds is 8. The molecule has 1 aromatic heterocycles. The summed E-state index contributed by atoms with van der Waals surface area (Å²) in [6.07, 6.45) is 10.2. The Balaban J connectivity index is 2.38. The molecule has 0 aliphatic carbocycles. The van der Waals surface area contributed by atoms with Gasteiger partial charge in [-0.15, -0.1) is 0 Å². The zero-order chi connectivity index (χ0) is 17.5. The van der Waals surface area contributed by atoms with Crippen LogP contribution in [-0.2, 0) is 11.2 Å². The maximum Gasteiger partial charge on any atom is 0.137 e. The number of fused-ring (bicyclic) bond motifs is 1. The largest absolute Gasteiger partial charge is 0.496 e. The zero-order valence-corrected chi connectivity index (χ0v) is 15.2. The summed E-state index contributed by atoms with van der Waals surface area (Å²) in [7, 11) is 1.68. The van der Waals surface area contributed by atoms with Crippen molar-refractivity contribution >= 4 is 22.6 Å². The van der Waals surface area contributed by atoms with E-state index in [0.717, 1.165) is 52.6 Å². The van der Waals surface area contributed by atoms with Gasteiger partial charge < -0.3 is 4.74 Å². The molecule has 0 radical (unpaired) electrons. The second-order valence-electron chi connectivity index (χ2n) is 6.20. The summed E-state index contributed by atoms with van der Waals surface area (Å²) in [4.78, 5) is 16.7. The SMILES string of the molecule is C/C=C/c1cc2cc(CC(=O)CCCCC)c(C)c(OC)c2cn1. The number of pyridine rings is 1. The Hall–Kier alpha value is -2.16. The van der Waals surface area contributed by atoms with Gasteiger partial charge in [0.2, 0.25) is 0 Å². The first-order chi connectivity index (χ1) is 11.6. The Bertz CT molecular complexity index is 747. The van der Waals surface area contributed by atoms with E-state index in [1.54, 1.807) is 7.11 Å². The lowest BCUT2D eigenvalue weighted by Crippen LogP contribution is -2.05. The monoisotopic (exact) mass is 325 g/mol. The Kier molecular flexibility index (Phi) is 6.53. The van der Waals surface area contributed by atoms with Gasteiger partial charge in [0.1, 0.15) is 11.5 Å². The van der Waals surface area contributed by atoms with E-state index in [4.69, 9.17) is 4.74 Å². The molecule has 0 bridgehead atoms. The fourth-order valence-corrected chi connectivity index (χ4v) is 3.02. The molecule has 0 atom stereocenters. The van der Waals surface area contributed by atoms with Crippen LogP contribution in [0.25, 0.3) is 16.8 Å². The fourth-order valence-electron chi connectivity index (χ4n) is 3.02. The Morgan fingerprint density at radius 2 is 2.08 bits per heavy atom. The molecule has 1 aromatic carbocycles. The number of carbonyl (C=O) groups excluding carboxylic acids is 1. The van der Waals surface area contributed by atoms with Gasteiger partial charge in [-0.25, -0.2) is 0 Å². The number of ether oxygens (including phenoxy) is 1. The molecular formula is C21H27NO2. The molecule has 3 heteroatoms. The van der Waals surface area contributed by atoms with Crippen LogP contribution in [0.5, 0.6) is 5.75 Å². The van der Waals surface area contributed by atoms with E-state index in [9.17, 15) is 4.79 Å². The predicted molar refractivity (Wildman–Crippen MR) is 101 cm³/mol. The van der Waals surface area contributed by atoms with E-state index in [2.05, 4.69) is 18.0 Å². The number of hydrogen-bond donors (Lipinski definition) is 0. The van der Waals surface area contributed by atoms with Gasteiger partial charge >= 0.3 is 0 Å². The van der Waals surface area contributed by atoms with Crippen LogP contribution >= 0.6 is 0 Å². The number of nitrogens with zero attached hydrogens (tertiary/aromatic N) is 1. The minimum Gasteiger partial charge on any atom is -0.496 e. The van der Waals surface area contributed by atoms with Crippen LogP contribution in [0, 0.1) is 6.92 Å². The van der Waals surface area contributed by atoms with Gasteiger partial charge in [0.05, 0.1) is 12.8 Å². The van der Waals surface area contributed by atoms with Crippen molar-refractivity contribution in [3.63, 3.8) is 0 Å². The van der Waals surface area contributed by atoms with Crippen molar-refractivity contribution in [1.29, 1.82) is 0 Å². The molecule has 0 saturated heterocycles. The number of carbonyl (C=O) groups is 1. The number of Topliss-reactive ketones (excluding diaryl/α,β-unsaturated/α-hetero) is 1. The van der Waals surface area contributed by atoms with Crippen LogP contribution in [-0.4, -0.2) is 17.9 Å². The van der Waals surface area contributed by atoms with Crippen LogP contribution in [0.3, 0.4) is 0 Å². The number of ketones is 1. The van der Waals surface area contributed by atoms with Gasteiger partial charge in [0, 0.05) is 24.4 Å². The van der Waals surface area contributed by atoms with E-state index in [0.29, 0.717) is 18.6 Å². The lowest BCUT2D eigenvalue weighted by molar-refractivity contribution is -0.118. The molecule has 0 fully saturated rings. The van der Waals surface area contributed by atoms with Crippen molar-refractivity contribution in [2.24, 2.45) is 0 Å². The number of unbranched alkanes of at least 4 members (excludes halogenated alkanes) is 2. The van der Waals surface area contributed by atoms with E-state index >= 15 is 0 Å². The van der Waals surface area contributed by atoms with Crippen molar-refractivity contribution in [2.75, 3.05) is 7.11 Å². The summed E-state index contributed by atoms with van der Waals surface area (Å²) in [6.45, 7) is 6.15. The molecule has 24 heavy (non-hydrogen) atoms. The van der Waals surface area contributed by atoms with Crippen molar-refractivity contribution in [3.05, 3.63) is 41.2 Å². The van der Waals surface area contributed by atoms with E-state index in [1.165, 1.54) is 0 Å². The van der Waals surface area contributed by atoms with Gasteiger partial charge in [0.15, 0.2) is 0 Å². The van der Waals surface area contributed by atoms with Crippen molar-refractivity contribution in [2.45, 2.75) is 52.9 Å². The Morgan fingerprint density at radius 1 is 1.29 bits per heavy atom. The van der Waals surface area contributed by atoms with E-state index < -0.39 is 0 Å². The maximum absolute atomic E-state index is 12.3. The van der Waals surface area contributed by atoms with Gasteiger partial charge in [-0.3, -0.25) is 9.78 Å².